The quantitative estimate of drug-likeness (QED) is 0.765. The molecule has 0 spiro atoms. The van der Waals surface area contributed by atoms with Crippen LogP contribution >= 0.6 is 23.2 Å². The number of hydrogen-bond acceptors (Lipinski definition) is 1. The van der Waals surface area contributed by atoms with Crippen molar-refractivity contribution in [1.82, 2.24) is 5.32 Å². The van der Waals surface area contributed by atoms with Gasteiger partial charge in [0.1, 0.15) is 0 Å². The highest BCUT2D eigenvalue weighted by molar-refractivity contribution is 6.34. The topological polar surface area (TPSA) is 12.0 Å². The van der Waals surface area contributed by atoms with E-state index in [-0.39, 0.29) is 5.54 Å². The van der Waals surface area contributed by atoms with Crippen molar-refractivity contribution in [1.29, 1.82) is 0 Å². The second-order valence-electron chi connectivity index (χ2n) is 4.47. The normalized spacial score (nSPS) is 11.8. The Kier molecular flexibility index (Phi) is 5.78. The van der Waals surface area contributed by atoms with Gasteiger partial charge in [0.2, 0.25) is 0 Å². The van der Waals surface area contributed by atoms with Crippen LogP contribution in [0.1, 0.15) is 45.6 Å². The molecule has 0 aromatic heterocycles. The highest BCUT2D eigenvalue weighted by Gasteiger charge is 2.22. The van der Waals surface area contributed by atoms with Gasteiger partial charge in [-0.05, 0) is 43.0 Å². The van der Waals surface area contributed by atoms with Gasteiger partial charge in [0, 0.05) is 22.1 Å². The van der Waals surface area contributed by atoms with Crippen molar-refractivity contribution in [3.63, 3.8) is 0 Å². The third-order valence-electron chi connectivity index (χ3n) is 3.62. The molecule has 0 saturated heterocycles. The first-order valence-electron chi connectivity index (χ1n) is 6.25. The van der Waals surface area contributed by atoms with Crippen LogP contribution in [0.2, 0.25) is 10.0 Å². The molecule has 17 heavy (non-hydrogen) atoms. The first-order chi connectivity index (χ1) is 8.05. The molecule has 1 N–H and O–H groups in total. The molecule has 0 bridgehead atoms. The van der Waals surface area contributed by atoms with Crippen LogP contribution < -0.4 is 5.32 Å². The molecule has 0 saturated carbocycles. The van der Waals surface area contributed by atoms with Crippen LogP contribution in [0.25, 0.3) is 0 Å². The van der Waals surface area contributed by atoms with Crippen LogP contribution in [-0.2, 0) is 6.54 Å². The van der Waals surface area contributed by atoms with Gasteiger partial charge in [0.25, 0.3) is 0 Å². The second kappa shape index (κ2) is 6.63. The molecule has 0 aliphatic rings. The molecule has 0 radical (unpaired) electrons. The summed E-state index contributed by atoms with van der Waals surface area (Å²) >= 11 is 12.0. The highest BCUT2D eigenvalue weighted by atomic mass is 35.5. The zero-order chi connectivity index (χ0) is 12.9. The molecule has 0 unspecified atom stereocenters. The molecule has 1 aromatic carbocycles. The molecule has 96 valence electrons. The molecular weight excluding hydrogens is 253 g/mol. The van der Waals surface area contributed by atoms with Gasteiger partial charge < -0.3 is 5.32 Å². The van der Waals surface area contributed by atoms with Crippen LogP contribution in [-0.4, -0.2) is 5.54 Å². The molecule has 0 aliphatic heterocycles. The fraction of sp³-hybridized carbons (Fsp3) is 0.571. The maximum Gasteiger partial charge on any atom is 0.0424 e. The molecule has 0 heterocycles. The lowest BCUT2D eigenvalue weighted by molar-refractivity contribution is 0.288. The molecule has 0 atom stereocenters. The standard InChI is InChI=1S/C14H21Cl2N/c1-4-14(5-2,6-3)17-10-11-7-12(15)9-13(16)8-11/h7-9,17H,4-6,10H2,1-3H3. The van der Waals surface area contributed by atoms with Gasteiger partial charge in [-0.3, -0.25) is 0 Å². The van der Waals surface area contributed by atoms with E-state index in [9.17, 15) is 0 Å². The van der Waals surface area contributed by atoms with Gasteiger partial charge in [0.05, 0.1) is 0 Å². The lowest BCUT2D eigenvalue weighted by Gasteiger charge is -2.32. The largest absolute Gasteiger partial charge is 0.307 e. The number of halogens is 2. The van der Waals surface area contributed by atoms with E-state index in [1.165, 1.54) is 0 Å². The summed E-state index contributed by atoms with van der Waals surface area (Å²) in [7, 11) is 0. The van der Waals surface area contributed by atoms with Crippen molar-refractivity contribution in [3.05, 3.63) is 33.8 Å². The Labute approximate surface area is 115 Å². The van der Waals surface area contributed by atoms with Crippen LogP contribution in [0.3, 0.4) is 0 Å². The maximum atomic E-state index is 5.99. The van der Waals surface area contributed by atoms with E-state index >= 15 is 0 Å². The summed E-state index contributed by atoms with van der Waals surface area (Å²) in [5.41, 5.74) is 1.37. The first kappa shape index (κ1) is 14.8. The van der Waals surface area contributed by atoms with Gasteiger partial charge in [-0.2, -0.15) is 0 Å². The van der Waals surface area contributed by atoms with Crippen molar-refractivity contribution >= 4 is 23.2 Å². The van der Waals surface area contributed by atoms with E-state index in [0.29, 0.717) is 10.0 Å². The Morgan fingerprint density at radius 1 is 0.941 bits per heavy atom. The van der Waals surface area contributed by atoms with Crippen molar-refractivity contribution in [2.45, 2.75) is 52.1 Å². The van der Waals surface area contributed by atoms with Crippen LogP contribution in [0.15, 0.2) is 18.2 Å². The summed E-state index contributed by atoms with van der Waals surface area (Å²) in [6, 6.07) is 5.69. The Bertz CT molecular complexity index is 331. The maximum absolute atomic E-state index is 5.99. The average Bonchev–Trinajstić information content (AvgIpc) is 2.30. The fourth-order valence-corrected chi connectivity index (χ4v) is 2.70. The Morgan fingerprint density at radius 2 is 1.41 bits per heavy atom. The monoisotopic (exact) mass is 273 g/mol. The van der Waals surface area contributed by atoms with Crippen LogP contribution in [0.4, 0.5) is 0 Å². The predicted octanol–water partition coefficient (Wildman–Crippen LogP) is 5.05. The summed E-state index contributed by atoms with van der Waals surface area (Å²) in [4.78, 5) is 0. The summed E-state index contributed by atoms with van der Waals surface area (Å²) < 4.78 is 0. The zero-order valence-electron chi connectivity index (χ0n) is 10.8. The van der Waals surface area contributed by atoms with Gasteiger partial charge in [-0.25, -0.2) is 0 Å². The first-order valence-corrected chi connectivity index (χ1v) is 7.01. The van der Waals surface area contributed by atoms with Gasteiger partial charge in [0.15, 0.2) is 0 Å². The minimum absolute atomic E-state index is 0.231. The summed E-state index contributed by atoms with van der Waals surface area (Å²) in [6.45, 7) is 7.50. The lowest BCUT2D eigenvalue weighted by atomic mass is 9.89. The molecule has 0 aliphatic carbocycles. The van der Waals surface area contributed by atoms with E-state index in [1.54, 1.807) is 6.07 Å². The summed E-state index contributed by atoms with van der Waals surface area (Å²) in [5.74, 6) is 0. The third kappa shape index (κ3) is 4.17. The lowest BCUT2D eigenvalue weighted by Crippen LogP contribution is -2.43. The van der Waals surface area contributed by atoms with Crippen molar-refractivity contribution in [2.75, 3.05) is 0 Å². The van der Waals surface area contributed by atoms with E-state index in [2.05, 4.69) is 26.1 Å². The molecular formula is C14H21Cl2N. The summed E-state index contributed by atoms with van der Waals surface area (Å²) in [6.07, 6.45) is 3.40. The molecule has 1 nitrogen and oxygen atoms in total. The predicted molar refractivity (Wildman–Crippen MR) is 76.9 cm³/mol. The Morgan fingerprint density at radius 3 is 1.82 bits per heavy atom. The van der Waals surface area contributed by atoms with Crippen LogP contribution in [0, 0.1) is 0 Å². The van der Waals surface area contributed by atoms with E-state index in [0.717, 1.165) is 31.4 Å². The second-order valence-corrected chi connectivity index (χ2v) is 5.35. The number of rotatable bonds is 6. The number of hydrogen-bond donors (Lipinski definition) is 1. The van der Waals surface area contributed by atoms with Crippen molar-refractivity contribution in [3.8, 4) is 0 Å². The van der Waals surface area contributed by atoms with Crippen LogP contribution in [0.5, 0.6) is 0 Å². The summed E-state index contributed by atoms with van der Waals surface area (Å²) in [5, 5.41) is 5.03. The zero-order valence-corrected chi connectivity index (χ0v) is 12.3. The van der Waals surface area contributed by atoms with E-state index in [1.807, 2.05) is 12.1 Å². The SMILES string of the molecule is CCC(CC)(CC)NCc1cc(Cl)cc(Cl)c1. The van der Waals surface area contributed by atoms with Gasteiger partial charge in [-0.1, -0.05) is 44.0 Å². The Hall–Kier alpha value is -0.240. The minimum Gasteiger partial charge on any atom is -0.307 e. The highest BCUT2D eigenvalue weighted by Crippen LogP contribution is 2.22. The number of nitrogens with one attached hydrogen (secondary N) is 1. The Balaban J connectivity index is 2.71. The molecule has 1 rings (SSSR count). The smallest absolute Gasteiger partial charge is 0.0424 e. The average molecular weight is 274 g/mol. The van der Waals surface area contributed by atoms with Crippen molar-refractivity contribution in [2.24, 2.45) is 0 Å². The number of benzene rings is 1. The van der Waals surface area contributed by atoms with Gasteiger partial charge >= 0.3 is 0 Å². The van der Waals surface area contributed by atoms with Crippen molar-refractivity contribution < 1.29 is 0 Å². The third-order valence-corrected chi connectivity index (χ3v) is 4.06. The van der Waals surface area contributed by atoms with Gasteiger partial charge in [-0.15, -0.1) is 0 Å². The van der Waals surface area contributed by atoms with E-state index in [4.69, 9.17) is 23.2 Å². The van der Waals surface area contributed by atoms with E-state index < -0.39 is 0 Å². The molecule has 3 heteroatoms. The molecule has 0 amide bonds. The molecule has 1 aromatic rings. The fourth-order valence-electron chi connectivity index (χ4n) is 2.13. The minimum atomic E-state index is 0.231. The molecule has 0 fully saturated rings.